The summed E-state index contributed by atoms with van der Waals surface area (Å²) in [5, 5.41) is 5.93. The zero-order valence-corrected chi connectivity index (χ0v) is 16.5. The van der Waals surface area contributed by atoms with Crippen LogP contribution in [0.25, 0.3) is 0 Å². The molecule has 0 saturated carbocycles. The Balaban J connectivity index is 2.09. The number of hydrogen-bond acceptors (Lipinski definition) is 3. The molecule has 0 aliphatic carbocycles. The van der Waals surface area contributed by atoms with E-state index in [0.29, 0.717) is 37.9 Å². The topological polar surface area (TPSA) is 78.5 Å². The molecular formula is C21H31N3O3. The molecule has 1 aromatic rings. The highest BCUT2D eigenvalue weighted by molar-refractivity contribution is 5.97. The van der Waals surface area contributed by atoms with Crippen LogP contribution in [0.5, 0.6) is 0 Å². The van der Waals surface area contributed by atoms with Crippen molar-refractivity contribution in [1.29, 1.82) is 0 Å². The van der Waals surface area contributed by atoms with E-state index >= 15 is 0 Å². The van der Waals surface area contributed by atoms with Gasteiger partial charge in [0.2, 0.25) is 11.8 Å². The third-order valence-corrected chi connectivity index (χ3v) is 5.27. The number of rotatable bonds is 7. The Morgan fingerprint density at radius 2 is 1.70 bits per heavy atom. The molecule has 0 unspecified atom stereocenters. The minimum Gasteiger partial charge on any atom is -0.352 e. The maximum Gasteiger partial charge on any atom is 0.251 e. The molecule has 6 heteroatoms. The molecule has 0 radical (unpaired) electrons. The van der Waals surface area contributed by atoms with Gasteiger partial charge in [0.05, 0.1) is 0 Å². The first-order chi connectivity index (χ1) is 13.0. The number of nitrogens with zero attached hydrogens (tertiary/aromatic N) is 1. The normalized spacial score (nSPS) is 17.1. The lowest BCUT2D eigenvalue weighted by atomic mass is 9.88. The Kier molecular flexibility index (Phi) is 7.82. The minimum absolute atomic E-state index is 0.0163. The molecule has 1 fully saturated rings. The molecule has 1 aromatic carbocycles. The quantitative estimate of drug-likeness (QED) is 0.770. The highest BCUT2D eigenvalue weighted by Crippen LogP contribution is 2.22. The van der Waals surface area contributed by atoms with Gasteiger partial charge in [-0.3, -0.25) is 14.4 Å². The van der Waals surface area contributed by atoms with E-state index in [2.05, 4.69) is 10.6 Å². The predicted octanol–water partition coefficient (Wildman–Crippen LogP) is 2.35. The van der Waals surface area contributed by atoms with E-state index in [1.807, 2.05) is 31.7 Å². The van der Waals surface area contributed by atoms with Crippen LogP contribution < -0.4 is 10.6 Å². The van der Waals surface area contributed by atoms with Crippen molar-refractivity contribution in [3.05, 3.63) is 35.9 Å². The lowest BCUT2D eigenvalue weighted by molar-refractivity contribution is -0.132. The molecule has 1 heterocycles. The lowest BCUT2D eigenvalue weighted by Crippen LogP contribution is -2.55. The summed E-state index contributed by atoms with van der Waals surface area (Å²) >= 11 is 0. The molecule has 1 aliphatic rings. The number of likely N-dealkylation sites (tertiary alicyclic amines) is 1. The molecule has 1 aliphatic heterocycles. The number of hydrogen-bond donors (Lipinski definition) is 2. The van der Waals surface area contributed by atoms with E-state index in [-0.39, 0.29) is 29.7 Å². The molecule has 3 amide bonds. The monoisotopic (exact) mass is 373 g/mol. The van der Waals surface area contributed by atoms with Crippen molar-refractivity contribution in [3.63, 3.8) is 0 Å². The van der Waals surface area contributed by atoms with Gasteiger partial charge in [0.25, 0.3) is 5.91 Å². The van der Waals surface area contributed by atoms with Crippen molar-refractivity contribution < 1.29 is 14.4 Å². The summed E-state index contributed by atoms with van der Waals surface area (Å²) in [5.74, 6) is -0.231. The van der Waals surface area contributed by atoms with Crippen LogP contribution in [0.15, 0.2) is 30.3 Å². The van der Waals surface area contributed by atoms with Crippen LogP contribution >= 0.6 is 0 Å². The number of nitrogens with one attached hydrogen (secondary N) is 2. The van der Waals surface area contributed by atoms with Crippen LogP contribution in [-0.4, -0.2) is 47.8 Å². The largest absolute Gasteiger partial charge is 0.352 e. The van der Waals surface area contributed by atoms with Gasteiger partial charge in [-0.25, -0.2) is 0 Å². The predicted molar refractivity (Wildman–Crippen MR) is 105 cm³/mol. The first-order valence-electron chi connectivity index (χ1n) is 9.90. The van der Waals surface area contributed by atoms with Crippen molar-refractivity contribution in [2.24, 2.45) is 5.92 Å². The molecule has 0 spiro atoms. The summed E-state index contributed by atoms with van der Waals surface area (Å²) in [7, 11) is 0. The van der Waals surface area contributed by atoms with Crippen LogP contribution in [0.1, 0.15) is 56.8 Å². The van der Waals surface area contributed by atoms with Crippen molar-refractivity contribution in [2.45, 2.75) is 58.5 Å². The molecule has 0 bridgehead atoms. The van der Waals surface area contributed by atoms with Gasteiger partial charge in [0.15, 0.2) is 0 Å². The Morgan fingerprint density at radius 3 is 2.26 bits per heavy atom. The third-order valence-electron chi connectivity index (χ3n) is 5.27. The van der Waals surface area contributed by atoms with Crippen LogP contribution in [0.3, 0.4) is 0 Å². The second kappa shape index (κ2) is 10.1. The molecule has 1 saturated heterocycles. The average molecular weight is 373 g/mol. The number of amides is 3. The number of benzene rings is 1. The van der Waals surface area contributed by atoms with Crippen LogP contribution in [-0.2, 0) is 9.59 Å². The molecule has 2 rings (SSSR count). The second-order valence-electron chi connectivity index (χ2n) is 7.21. The first-order valence-corrected chi connectivity index (χ1v) is 9.90. The number of carbonyl (C=O) groups excluding carboxylic acids is 3. The maximum atomic E-state index is 12.8. The van der Waals surface area contributed by atoms with Gasteiger partial charge in [0, 0.05) is 31.1 Å². The Labute approximate surface area is 161 Å². The minimum atomic E-state index is -0.592. The van der Waals surface area contributed by atoms with Gasteiger partial charge in [-0.2, -0.15) is 0 Å². The summed E-state index contributed by atoms with van der Waals surface area (Å²) in [6.07, 6.45) is 2.74. The molecule has 148 valence electrons. The van der Waals surface area contributed by atoms with Gasteiger partial charge in [-0.1, -0.05) is 32.0 Å². The van der Waals surface area contributed by atoms with Crippen molar-refractivity contribution in [1.82, 2.24) is 15.5 Å². The summed E-state index contributed by atoms with van der Waals surface area (Å²) in [6.45, 7) is 7.09. The third kappa shape index (κ3) is 5.81. The highest BCUT2D eigenvalue weighted by atomic mass is 16.2. The van der Waals surface area contributed by atoms with Gasteiger partial charge in [-0.15, -0.1) is 0 Å². The number of piperidine rings is 1. The van der Waals surface area contributed by atoms with Gasteiger partial charge in [0.1, 0.15) is 6.04 Å². The van der Waals surface area contributed by atoms with E-state index in [4.69, 9.17) is 0 Å². The van der Waals surface area contributed by atoms with E-state index in [0.717, 1.165) is 6.42 Å². The lowest BCUT2D eigenvalue weighted by Gasteiger charge is -2.36. The zero-order valence-electron chi connectivity index (χ0n) is 16.5. The van der Waals surface area contributed by atoms with Crippen LogP contribution in [0, 0.1) is 5.92 Å². The Morgan fingerprint density at radius 1 is 1.07 bits per heavy atom. The van der Waals surface area contributed by atoms with Crippen molar-refractivity contribution >= 4 is 17.7 Å². The molecule has 27 heavy (non-hydrogen) atoms. The highest BCUT2D eigenvalue weighted by Gasteiger charge is 2.34. The van der Waals surface area contributed by atoms with E-state index in [1.165, 1.54) is 0 Å². The standard InChI is InChI=1S/C21H31N3O3/c1-4-15(3)22-21(27)19(23-20(26)17-9-7-6-8-10-17)16-11-13-24(14-12-16)18(25)5-2/h6-10,15-16,19H,4-5,11-14H2,1-3H3,(H,22,27)(H,23,26)/t15-,19-/m1/s1. The SMILES string of the molecule is CCC(=O)N1CCC([C@@H](NC(=O)c2ccccc2)C(=O)N[C@H](C)CC)CC1. The summed E-state index contributed by atoms with van der Waals surface area (Å²) in [4.78, 5) is 39.2. The molecule has 6 nitrogen and oxygen atoms in total. The second-order valence-corrected chi connectivity index (χ2v) is 7.21. The van der Waals surface area contributed by atoms with Crippen LogP contribution in [0.4, 0.5) is 0 Å². The number of carbonyl (C=O) groups is 3. The van der Waals surface area contributed by atoms with Crippen molar-refractivity contribution in [2.75, 3.05) is 13.1 Å². The Hall–Kier alpha value is -2.37. The van der Waals surface area contributed by atoms with E-state index in [9.17, 15) is 14.4 Å². The maximum absolute atomic E-state index is 12.8. The van der Waals surface area contributed by atoms with Crippen LogP contribution in [0.2, 0.25) is 0 Å². The zero-order chi connectivity index (χ0) is 19.8. The molecule has 2 N–H and O–H groups in total. The fourth-order valence-electron chi connectivity index (χ4n) is 3.35. The fourth-order valence-corrected chi connectivity index (χ4v) is 3.35. The summed E-state index contributed by atoms with van der Waals surface area (Å²) in [6, 6.07) is 8.39. The van der Waals surface area contributed by atoms with Crippen molar-refractivity contribution in [3.8, 4) is 0 Å². The first kappa shape index (κ1) is 20.9. The van der Waals surface area contributed by atoms with Gasteiger partial charge >= 0.3 is 0 Å². The average Bonchev–Trinajstić information content (AvgIpc) is 2.71. The molecule has 0 aromatic heterocycles. The van der Waals surface area contributed by atoms with E-state index in [1.54, 1.807) is 24.3 Å². The fraction of sp³-hybridized carbons (Fsp3) is 0.571. The Bertz CT molecular complexity index is 639. The summed E-state index contributed by atoms with van der Waals surface area (Å²) < 4.78 is 0. The van der Waals surface area contributed by atoms with Gasteiger partial charge < -0.3 is 15.5 Å². The molecular weight excluding hydrogens is 342 g/mol. The van der Waals surface area contributed by atoms with E-state index < -0.39 is 6.04 Å². The smallest absolute Gasteiger partial charge is 0.251 e. The summed E-state index contributed by atoms with van der Waals surface area (Å²) in [5.41, 5.74) is 0.539. The molecule has 2 atom stereocenters. The van der Waals surface area contributed by atoms with Gasteiger partial charge in [-0.05, 0) is 44.2 Å².